The molecule has 8 nitrogen and oxygen atoms in total. The minimum Gasteiger partial charge on any atom is -0.345 e. The Morgan fingerprint density at radius 1 is 0.704 bits per heavy atom. The molecule has 6 rings (SSSR count). The number of nitrogens with zero attached hydrogens (tertiary/aromatic N) is 2. The van der Waals surface area contributed by atoms with E-state index in [0.29, 0.717) is 18.1 Å². The molecule has 2 aliphatic carbocycles. The molecule has 2 fully saturated rings. The molecule has 4 N–H and O–H groups in total. The molecule has 2 heterocycles. The van der Waals surface area contributed by atoms with E-state index in [1.165, 1.54) is 0 Å². The van der Waals surface area contributed by atoms with E-state index in [1.54, 1.807) is 12.4 Å². The first-order chi connectivity index (χ1) is 25.3. The Bertz CT molecular complexity index is 1940. The van der Waals surface area contributed by atoms with Crippen molar-refractivity contribution in [3.63, 3.8) is 0 Å². The van der Waals surface area contributed by atoms with Crippen molar-refractivity contribution in [1.29, 1.82) is 0 Å². The molecule has 2 saturated carbocycles. The van der Waals surface area contributed by atoms with Crippen LogP contribution in [0.15, 0.2) is 48.8 Å². The molecule has 2 atom stereocenters. The Morgan fingerprint density at radius 2 is 1.19 bits per heavy atom. The third-order valence-corrected chi connectivity index (χ3v) is 11.2. The third-order valence-electron chi connectivity index (χ3n) is 11.2. The average molecular weight is 751 g/mol. The number of fused-ring (bicyclic) bond motifs is 1. The molecular weight excluding hydrogens is 696 g/mol. The van der Waals surface area contributed by atoms with Crippen LogP contribution in [-0.2, 0) is 22.4 Å². The summed E-state index contributed by atoms with van der Waals surface area (Å²) in [5, 5.41) is 8.38. The van der Waals surface area contributed by atoms with E-state index in [1.807, 2.05) is 47.6 Å². The summed E-state index contributed by atoms with van der Waals surface area (Å²) in [5.41, 5.74) is 3.16. The lowest BCUT2D eigenvalue weighted by atomic mass is 9.83. The summed E-state index contributed by atoms with van der Waals surface area (Å²) in [6.07, 6.45) is 4.76. The van der Waals surface area contributed by atoms with Crippen LogP contribution in [0.4, 0.5) is 17.6 Å². The molecule has 292 valence electrons. The zero-order chi connectivity index (χ0) is 39.1. The van der Waals surface area contributed by atoms with Gasteiger partial charge in [-0.3, -0.25) is 9.59 Å². The van der Waals surface area contributed by atoms with Crippen LogP contribution in [0.25, 0.3) is 22.0 Å². The maximum absolute atomic E-state index is 13.7. The maximum atomic E-state index is 13.7. The number of carbonyl (C=O) groups excluding carboxylic acids is 2. The van der Waals surface area contributed by atoms with E-state index in [-0.39, 0.29) is 80.1 Å². The number of carbonyl (C=O) groups is 2. The van der Waals surface area contributed by atoms with Gasteiger partial charge < -0.3 is 20.6 Å². The van der Waals surface area contributed by atoms with Crippen molar-refractivity contribution in [3.05, 3.63) is 71.7 Å². The first-order valence-electron chi connectivity index (χ1n) is 19.2. The molecular formula is C42H54F4N6O2. The van der Waals surface area contributed by atoms with E-state index < -0.39 is 29.7 Å². The average Bonchev–Trinajstić information content (AvgIpc) is 3.77. The van der Waals surface area contributed by atoms with Crippen LogP contribution in [0, 0.1) is 22.7 Å². The summed E-state index contributed by atoms with van der Waals surface area (Å²) in [6.45, 7) is 12.1. The van der Waals surface area contributed by atoms with E-state index in [0.717, 1.165) is 39.7 Å². The van der Waals surface area contributed by atoms with Crippen molar-refractivity contribution in [2.24, 2.45) is 22.7 Å². The molecule has 1 unspecified atom stereocenters. The molecule has 4 aromatic rings. The molecule has 0 saturated heterocycles. The number of rotatable bonds is 10. The Morgan fingerprint density at radius 3 is 1.72 bits per heavy atom. The van der Waals surface area contributed by atoms with Crippen molar-refractivity contribution >= 4 is 22.6 Å². The summed E-state index contributed by atoms with van der Waals surface area (Å²) < 4.78 is 54.8. The predicted molar refractivity (Wildman–Crippen MR) is 202 cm³/mol. The van der Waals surface area contributed by atoms with E-state index in [9.17, 15) is 27.2 Å². The number of amides is 2. The fourth-order valence-corrected chi connectivity index (χ4v) is 7.69. The highest BCUT2D eigenvalue weighted by Crippen LogP contribution is 2.40. The highest BCUT2D eigenvalue weighted by atomic mass is 19.3. The van der Waals surface area contributed by atoms with E-state index in [4.69, 9.17) is 0 Å². The molecule has 54 heavy (non-hydrogen) atoms. The summed E-state index contributed by atoms with van der Waals surface area (Å²) in [5.74, 6) is -5.33. The van der Waals surface area contributed by atoms with Gasteiger partial charge in [-0.2, -0.15) is 0 Å². The Hall–Kier alpha value is -4.22. The second-order valence-corrected chi connectivity index (χ2v) is 17.7. The highest BCUT2D eigenvalue weighted by Gasteiger charge is 2.41. The van der Waals surface area contributed by atoms with Gasteiger partial charge in [-0.05, 0) is 71.8 Å². The number of hydrogen-bond acceptors (Lipinski definition) is 4. The van der Waals surface area contributed by atoms with Crippen molar-refractivity contribution in [3.8, 4) is 11.3 Å². The molecule has 2 aromatic heterocycles. The first kappa shape index (κ1) is 39.5. The SMILES string of the molecule is CC(C)(C)C(NC(=O)C1CCC(F)(F)CC1)c1ncc(CCc2ccc3cc(-c4cnc([C@@H](NC(=O)C5CCC(F)(F)CC5)C(C)(C)C)[nH]4)ccc3c2)[nH]1. The molecule has 0 spiro atoms. The third kappa shape index (κ3) is 9.52. The largest absolute Gasteiger partial charge is 0.345 e. The fourth-order valence-electron chi connectivity index (χ4n) is 7.69. The molecule has 2 aromatic carbocycles. The number of halogens is 4. The molecule has 0 aliphatic heterocycles. The standard InChI is InChI=1S/C42H54F4N6O2/c1-39(2,3)33(51-37(53)26-13-17-41(43,44)18-14-26)35-47-23-31(49-35)12-8-25-7-9-29-22-30(11-10-28(29)21-25)32-24-48-36(50-32)34(40(4,5)6)52-38(54)27-15-19-42(45,46)20-16-27/h7,9-11,21-24,26-27,33-34H,8,12-20H2,1-6H3,(H,47,49)(H,48,50)(H,51,53)(H,52,54)/t33?,34-/m1/s1. The molecule has 0 radical (unpaired) electrons. The van der Waals surface area contributed by atoms with Gasteiger partial charge in [0.2, 0.25) is 23.7 Å². The van der Waals surface area contributed by atoms with Crippen LogP contribution in [0.1, 0.15) is 128 Å². The van der Waals surface area contributed by atoms with Crippen LogP contribution >= 0.6 is 0 Å². The van der Waals surface area contributed by atoms with Gasteiger partial charge in [0.25, 0.3) is 0 Å². The minimum atomic E-state index is -2.69. The quantitative estimate of drug-likeness (QED) is 0.121. The van der Waals surface area contributed by atoms with Crippen LogP contribution in [0.5, 0.6) is 0 Å². The number of aromatic amines is 2. The maximum Gasteiger partial charge on any atom is 0.248 e. The van der Waals surface area contributed by atoms with Gasteiger partial charge in [-0.15, -0.1) is 0 Å². The molecule has 2 aliphatic rings. The van der Waals surface area contributed by atoms with Gasteiger partial charge in [-0.25, -0.2) is 27.5 Å². The highest BCUT2D eigenvalue weighted by molar-refractivity contribution is 5.87. The van der Waals surface area contributed by atoms with E-state index >= 15 is 0 Å². The minimum absolute atomic E-state index is 0.178. The molecule has 2 amide bonds. The van der Waals surface area contributed by atoms with Crippen molar-refractivity contribution in [1.82, 2.24) is 30.6 Å². The van der Waals surface area contributed by atoms with Crippen LogP contribution in [-0.4, -0.2) is 43.6 Å². The zero-order valence-corrected chi connectivity index (χ0v) is 32.2. The smallest absolute Gasteiger partial charge is 0.248 e. The summed E-state index contributed by atoms with van der Waals surface area (Å²) in [7, 11) is 0. The number of H-pyrrole nitrogens is 2. The van der Waals surface area contributed by atoms with Crippen LogP contribution in [0.2, 0.25) is 0 Å². The van der Waals surface area contributed by atoms with Crippen LogP contribution in [0.3, 0.4) is 0 Å². The summed E-state index contributed by atoms with van der Waals surface area (Å²) in [6, 6.07) is 11.8. The van der Waals surface area contributed by atoms with Crippen molar-refractivity contribution < 1.29 is 27.2 Å². The normalized spacial score (nSPS) is 19.4. The lowest BCUT2D eigenvalue weighted by molar-refractivity contribution is -0.131. The number of aromatic nitrogens is 4. The Labute approximate surface area is 315 Å². The monoisotopic (exact) mass is 750 g/mol. The first-order valence-corrected chi connectivity index (χ1v) is 19.2. The van der Waals surface area contributed by atoms with Gasteiger partial charge in [0.1, 0.15) is 11.6 Å². The number of nitrogens with one attached hydrogen (secondary N) is 4. The van der Waals surface area contributed by atoms with Gasteiger partial charge >= 0.3 is 0 Å². The predicted octanol–water partition coefficient (Wildman–Crippen LogP) is 9.80. The number of hydrogen-bond donors (Lipinski definition) is 4. The van der Waals surface area contributed by atoms with Gasteiger partial charge in [0.05, 0.1) is 24.0 Å². The Kier molecular flexibility index (Phi) is 11.1. The lowest BCUT2D eigenvalue weighted by Crippen LogP contribution is -2.42. The molecule has 12 heteroatoms. The lowest BCUT2D eigenvalue weighted by Gasteiger charge is -2.33. The summed E-state index contributed by atoms with van der Waals surface area (Å²) in [4.78, 5) is 42.4. The van der Waals surface area contributed by atoms with Gasteiger partial charge in [0, 0.05) is 55.0 Å². The number of aryl methyl sites for hydroxylation is 2. The topological polar surface area (TPSA) is 116 Å². The fraction of sp³-hybridized carbons (Fsp3) is 0.571. The number of benzene rings is 2. The summed E-state index contributed by atoms with van der Waals surface area (Å²) >= 11 is 0. The molecule has 0 bridgehead atoms. The number of alkyl halides is 4. The van der Waals surface area contributed by atoms with Gasteiger partial charge in [0.15, 0.2) is 0 Å². The van der Waals surface area contributed by atoms with E-state index in [2.05, 4.69) is 60.9 Å². The van der Waals surface area contributed by atoms with Crippen LogP contribution < -0.4 is 10.6 Å². The van der Waals surface area contributed by atoms with Gasteiger partial charge in [-0.1, -0.05) is 71.9 Å². The van der Waals surface area contributed by atoms with Crippen molar-refractivity contribution in [2.45, 2.75) is 130 Å². The second-order valence-electron chi connectivity index (χ2n) is 17.7. The number of imidazole rings is 2. The van der Waals surface area contributed by atoms with Crippen molar-refractivity contribution in [2.75, 3.05) is 0 Å². The Balaban J connectivity index is 1.09. The zero-order valence-electron chi connectivity index (χ0n) is 32.2. The second kappa shape index (κ2) is 15.1.